The summed E-state index contributed by atoms with van der Waals surface area (Å²) in [7, 11) is 0. The zero-order valence-electron chi connectivity index (χ0n) is 19.6. The molecule has 0 fully saturated rings. The van der Waals surface area contributed by atoms with Crippen LogP contribution < -0.4 is 16.6 Å². The molecular formula is C28H18N4O6. The summed E-state index contributed by atoms with van der Waals surface area (Å²) in [6.45, 7) is 0. The minimum absolute atomic E-state index is 0.0242. The summed E-state index contributed by atoms with van der Waals surface area (Å²) in [5.74, 6) is 0.725. The maximum atomic E-state index is 12.0. The molecule has 0 saturated heterocycles. The molecule has 10 nitrogen and oxygen atoms in total. The van der Waals surface area contributed by atoms with E-state index in [-0.39, 0.29) is 33.3 Å². The van der Waals surface area contributed by atoms with Crippen LogP contribution in [0.1, 0.15) is 0 Å². The first kappa shape index (κ1) is 24.1. The monoisotopic (exact) mass is 506 g/mol. The summed E-state index contributed by atoms with van der Waals surface area (Å²) in [6, 6.07) is 19.2. The Morgan fingerprint density at radius 2 is 1.24 bits per heavy atom. The first-order valence-electron chi connectivity index (χ1n) is 11.3. The van der Waals surface area contributed by atoms with Gasteiger partial charge in [-0.25, -0.2) is 0 Å². The molecular weight excluding hydrogens is 488 g/mol. The summed E-state index contributed by atoms with van der Waals surface area (Å²) >= 11 is 0. The Morgan fingerprint density at radius 1 is 0.711 bits per heavy atom. The number of non-ortho nitro benzene ring substituents is 1. The van der Waals surface area contributed by atoms with E-state index < -0.39 is 4.92 Å². The second kappa shape index (κ2) is 10.2. The van der Waals surface area contributed by atoms with Gasteiger partial charge in [0.25, 0.3) is 0 Å². The van der Waals surface area contributed by atoms with Gasteiger partial charge < -0.3 is 14.6 Å². The third-order valence-electron chi connectivity index (χ3n) is 5.61. The van der Waals surface area contributed by atoms with E-state index in [1.807, 2.05) is 6.07 Å². The van der Waals surface area contributed by atoms with Crippen molar-refractivity contribution in [2.45, 2.75) is 0 Å². The van der Waals surface area contributed by atoms with Crippen LogP contribution in [0.25, 0.3) is 44.6 Å². The van der Waals surface area contributed by atoms with E-state index in [9.17, 15) is 19.7 Å². The zero-order valence-corrected chi connectivity index (χ0v) is 19.6. The standard InChI is InChI=1S/C14H8N2O4.C14H10N2O2/c17-12-7-13(9-3-2-6-15-8-9)20-14-10(12)4-1-5-11(14)16(18)19;15-11-5-1-4-10-12(17)7-13(18-14(10)11)9-3-2-6-16-8-9/h1-8H;1-8H,15H2. The van der Waals surface area contributed by atoms with Crippen molar-refractivity contribution in [3.8, 4) is 22.6 Å². The van der Waals surface area contributed by atoms with E-state index in [1.165, 1.54) is 36.5 Å². The molecule has 6 rings (SSSR count). The molecule has 0 spiro atoms. The molecule has 38 heavy (non-hydrogen) atoms. The van der Waals surface area contributed by atoms with Crippen LogP contribution in [0.15, 0.2) is 116 Å². The number of nitrogens with two attached hydrogens (primary N) is 1. The summed E-state index contributed by atoms with van der Waals surface area (Å²) < 4.78 is 11.2. The predicted octanol–water partition coefficient (Wildman–Crippen LogP) is 5.20. The van der Waals surface area contributed by atoms with Gasteiger partial charge in [0.1, 0.15) is 11.5 Å². The van der Waals surface area contributed by atoms with E-state index in [1.54, 1.807) is 55.0 Å². The van der Waals surface area contributed by atoms with Gasteiger partial charge in [0.2, 0.25) is 5.58 Å². The van der Waals surface area contributed by atoms with Crippen LogP contribution in [-0.2, 0) is 0 Å². The average molecular weight is 506 g/mol. The lowest BCUT2D eigenvalue weighted by atomic mass is 10.1. The molecule has 4 heterocycles. The Labute approximate surface area is 213 Å². The molecule has 0 unspecified atom stereocenters. The zero-order chi connectivity index (χ0) is 26.6. The average Bonchev–Trinajstić information content (AvgIpc) is 2.94. The van der Waals surface area contributed by atoms with Crippen LogP contribution in [0, 0.1) is 10.1 Å². The largest absolute Gasteiger partial charge is 0.454 e. The first-order valence-corrected chi connectivity index (χ1v) is 11.3. The highest BCUT2D eigenvalue weighted by atomic mass is 16.6. The van der Waals surface area contributed by atoms with E-state index >= 15 is 0 Å². The van der Waals surface area contributed by atoms with Gasteiger partial charge in [-0.05, 0) is 42.5 Å². The molecule has 10 heteroatoms. The number of anilines is 1. The number of pyridine rings is 2. The van der Waals surface area contributed by atoms with Crippen molar-refractivity contribution < 1.29 is 13.8 Å². The number of nitro benzene ring substituents is 1. The van der Waals surface area contributed by atoms with Crippen LogP contribution in [0.5, 0.6) is 0 Å². The molecule has 0 aliphatic heterocycles. The predicted molar refractivity (Wildman–Crippen MR) is 142 cm³/mol. The fourth-order valence-corrected chi connectivity index (χ4v) is 3.81. The van der Waals surface area contributed by atoms with E-state index in [2.05, 4.69) is 9.97 Å². The highest BCUT2D eigenvalue weighted by Gasteiger charge is 2.17. The van der Waals surface area contributed by atoms with Gasteiger partial charge in [0, 0.05) is 54.1 Å². The molecule has 0 bridgehead atoms. The van der Waals surface area contributed by atoms with Crippen molar-refractivity contribution in [2.24, 2.45) is 0 Å². The van der Waals surface area contributed by atoms with Crippen molar-refractivity contribution in [1.82, 2.24) is 9.97 Å². The van der Waals surface area contributed by atoms with Gasteiger partial charge in [-0.3, -0.25) is 29.7 Å². The molecule has 0 saturated carbocycles. The number of rotatable bonds is 3. The van der Waals surface area contributed by atoms with Crippen LogP contribution in [0.4, 0.5) is 11.4 Å². The molecule has 2 N–H and O–H groups in total. The van der Waals surface area contributed by atoms with Crippen molar-refractivity contribution in [2.75, 3.05) is 5.73 Å². The summed E-state index contributed by atoms with van der Waals surface area (Å²) in [5.41, 5.74) is 7.35. The SMILES string of the molecule is Nc1cccc2c(=O)cc(-c3cccnc3)oc12.O=c1cc(-c2cccnc2)oc2c([N+](=O)[O-])cccc12. The number of nitrogens with zero attached hydrogens (tertiary/aromatic N) is 3. The first-order chi connectivity index (χ1) is 18.4. The lowest BCUT2D eigenvalue weighted by Gasteiger charge is -2.04. The smallest absolute Gasteiger partial charge is 0.312 e. The highest BCUT2D eigenvalue weighted by Crippen LogP contribution is 2.28. The van der Waals surface area contributed by atoms with Gasteiger partial charge in [-0.2, -0.15) is 0 Å². The summed E-state index contributed by atoms with van der Waals surface area (Å²) in [4.78, 5) is 42.4. The third-order valence-corrected chi connectivity index (χ3v) is 5.61. The maximum Gasteiger partial charge on any atom is 0.312 e. The molecule has 186 valence electrons. The molecule has 4 aromatic heterocycles. The molecule has 2 aromatic carbocycles. The third kappa shape index (κ3) is 4.73. The Morgan fingerprint density at radius 3 is 1.76 bits per heavy atom. The Hall–Kier alpha value is -5.64. The van der Waals surface area contributed by atoms with Gasteiger partial charge in [-0.1, -0.05) is 12.1 Å². The number of hydrogen-bond acceptors (Lipinski definition) is 9. The Balaban J connectivity index is 0.000000156. The second-order valence-electron chi connectivity index (χ2n) is 8.07. The fraction of sp³-hybridized carbons (Fsp3) is 0. The van der Waals surface area contributed by atoms with Gasteiger partial charge in [-0.15, -0.1) is 0 Å². The fourth-order valence-electron chi connectivity index (χ4n) is 3.81. The van der Waals surface area contributed by atoms with E-state index in [4.69, 9.17) is 14.6 Å². The van der Waals surface area contributed by atoms with Crippen LogP contribution in [-0.4, -0.2) is 14.9 Å². The van der Waals surface area contributed by atoms with Crippen molar-refractivity contribution in [3.63, 3.8) is 0 Å². The van der Waals surface area contributed by atoms with Crippen molar-refractivity contribution >= 4 is 33.3 Å². The topological polar surface area (TPSA) is 155 Å². The number of fused-ring (bicyclic) bond motifs is 2. The molecule has 0 atom stereocenters. The number of nitrogen functional groups attached to an aromatic ring is 1. The minimum atomic E-state index is -0.571. The van der Waals surface area contributed by atoms with Crippen molar-refractivity contribution in [1.29, 1.82) is 0 Å². The number of para-hydroxylation sites is 2. The number of hydrogen-bond donors (Lipinski definition) is 1. The van der Waals surface area contributed by atoms with Crippen molar-refractivity contribution in [3.05, 3.63) is 128 Å². The van der Waals surface area contributed by atoms with Crippen LogP contribution in [0.3, 0.4) is 0 Å². The summed E-state index contributed by atoms with van der Waals surface area (Å²) in [6.07, 6.45) is 6.42. The molecule has 0 radical (unpaired) electrons. The molecule has 0 aliphatic carbocycles. The Kier molecular flexibility index (Phi) is 6.43. The minimum Gasteiger partial charge on any atom is -0.454 e. The van der Waals surface area contributed by atoms with E-state index in [0.29, 0.717) is 28.0 Å². The van der Waals surface area contributed by atoms with Gasteiger partial charge >= 0.3 is 5.69 Å². The van der Waals surface area contributed by atoms with Crippen LogP contribution >= 0.6 is 0 Å². The highest BCUT2D eigenvalue weighted by molar-refractivity contribution is 5.88. The van der Waals surface area contributed by atoms with Gasteiger partial charge in [0.15, 0.2) is 16.4 Å². The molecule has 0 aliphatic rings. The molecule has 6 aromatic rings. The number of benzene rings is 2. The van der Waals surface area contributed by atoms with E-state index in [0.717, 1.165) is 5.56 Å². The lowest BCUT2D eigenvalue weighted by molar-refractivity contribution is -0.383. The number of aromatic nitrogens is 2. The molecule has 0 amide bonds. The van der Waals surface area contributed by atoms with Crippen LogP contribution in [0.2, 0.25) is 0 Å². The normalized spacial score (nSPS) is 10.6. The van der Waals surface area contributed by atoms with Gasteiger partial charge in [0.05, 0.1) is 21.4 Å². The summed E-state index contributed by atoms with van der Waals surface area (Å²) in [5, 5.41) is 11.7. The lowest BCUT2D eigenvalue weighted by Crippen LogP contribution is -2.02. The quantitative estimate of drug-likeness (QED) is 0.194. The number of nitro groups is 1. The Bertz CT molecular complexity index is 1900. The second-order valence-corrected chi connectivity index (χ2v) is 8.07. The maximum absolute atomic E-state index is 12.0.